The highest BCUT2D eigenvalue weighted by molar-refractivity contribution is 6.49. The molecule has 34 heavy (non-hydrogen) atoms. The van der Waals surface area contributed by atoms with Gasteiger partial charge in [-0.3, -0.25) is 9.59 Å². The van der Waals surface area contributed by atoms with Gasteiger partial charge >= 0.3 is 0 Å². The van der Waals surface area contributed by atoms with Gasteiger partial charge in [-0.2, -0.15) is 0 Å². The quantitative estimate of drug-likeness (QED) is 0.290. The van der Waals surface area contributed by atoms with Crippen LogP contribution in [-0.4, -0.2) is 18.9 Å². The lowest BCUT2D eigenvalue weighted by molar-refractivity contribution is -0.115. The predicted octanol–water partition coefficient (Wildman–Crippen LogP) is 6.49. The first-order chi connectivity index (χ1) is 16.4. The number of amides is 2. The summed E-state index contributed by atoms with van der Waals surface area (Å²) < 4.78 is 5.21. The molecule has 3 rings (SSSR count). The molecule has 0 aromatic heterocycles. The van der Waals surface area contributed by atoms with E-state index < -0.39 is 0 Å². The Morgan fingerprint density at radius 2 is 1.38 bits per heavy atom. The Kier molecular flexibility index (Phi) is 8.66. The van der Waals surface area contributed by atoms with Crippen LogP contribution in [0.3, 0.4) is 0 Å². The molecule has 0 aliphatic carbocycles. The van der Waals surface area contributed by atoms with E-state index in [1.807, 2.05) is 74.5 Å². The first-order valence-corrected chi connectivity index (χ1v) is 11.2. The van der Waals surface area contributed by atoms with Crippen LogP contribution in [0.4, 0.5) is 11.4 Å². The van der Waals surface area contributed by atoms with Gasteiger partial charge in [-0.25, -0.2) is 0 Å². The molecule has 6 heteroatoms. The normalized spacial score (nSPS) is 11.6. The number of methoxy groups -OCH3 is 1. The maximum Gasteiger partial charge on any atom is 0.248 e. The van der Waals surface area contributed by atoms with Gasteiger partial charge in [-0.1, -0.05) is 54.1 Å². The summed E-state index contributed by atoms with van der Waals surface area (Å²) in [6, 6.07) is 22.2. The third-order valence-electron chi connectivity index (χ3n) is 5.23. The first-order valence-electron chi connectivity index (χ1n) is 10.8. The fourth-order valence-corrected chi connectivity index (χ4v) is 3.53. The van der Waals surface area contributed by atoms with Gasteiger partial charge < -0.3 is 15.4 Å². The van der Waals surface area contributed by atoms with Crippen LogP contribution in [0.5, 0.6) is 5.75 Å². The highest BCUT2D eigenvalue weighted by atomic mass is 35.5. The average molecular weight is 475 g/mol. The van der Waals surface area contributed by atoms with Crippen molar-refractivity contribution in [2.24, 2.45) is 0 Å². The van der Waals surface area contributed by atoms with Crippen LogP contribution in [-0.2, 0) is 9.59 Å². The minimum absolute atomic E-state index is 0.00661. The number of para-hydroxylation sites is 2. The zero-order chi connectivity index (χ0) is 24.5. The van der Waals surface area contributed by atoms with E-state index in [0.29, 0.717) is 21.9 Å². The van der Waals surface area contributed by atoms with Crippen LogP contribution in [0.2, 0.25) is 0 Å². The van der Waals surface area contributed by atoms with E-state index in [1.165, 1.54) is 6.08 Å². The molecule has 2 N–H and O–H groups in total. The maximum absolute atomic E-state index is 12.8. The molecule has 0 heterocycles. The molecule has 0 radical (unpaired) electrons. The van der Waals surface area contributed by atoms with Crippen molar-refractivity contribution in [1.82, 2.24) is 0 Å². The van der Waals surface area contributed by atoms with Gasteiger partial charge in [-0.15, -0.1) is 0 Å². The van der Waals surface area contributed by atoms with E-state index in [9.17, 15) is 9.59 Å². The second kappa shape index (κ2) is 11.9. The summed E-state index contributed by atoms with van der Waals surface area (Å²) in [5, 5.41) is 6.14. The zero-order valence-electron chi connectivity index (χ0n) is 19.4. The van der Waals surface area contributed by atoms with Crippen molar-refractivity contribution in [2.45, 2.75) is 20.3 Å². The second-order valence-electron chi connectivity index (χ2n) is 7.75. The summed E-state index contributed by atoms with van der Waals surface area (Å²) in [6.45, 7) is 3.84. The number of allylic oxidation sites excluding steroid dienone is 1. The first kappa shape index (κ1) is 24.8. The Labute approximate surface area is 205 Å². The molecule has 174 valence electrons. The molecular weight excluding hydrogens is 448 g/mol. The van der Waals surface area contributed by atoms with Crippen LogP contribution >= 0.6 is 11.6 Å². The van der Waals surface area contributed by atoms with E-state index >= 15 is 0 Å². The standard InChI is InChI=1S/C28H27ClN2O3/c1-19-8-4-6-10-24(19)30-26(32)17-14-22(28(29)21-12-15-23(34-3)16-13-21)18-27(33)31-25-11-7-5-9-20(25)2/h4-17H,18H2,1-3H3,(H,30,32)(H,31,33)/b17-14+,28-22-. The molecule has 0 aliphatic heterocycles. The number of ether oxygens (including phenoxy) is 1. The molecule has 0 fully saturated rings. The monoisotopic (exact) mass is 474 g/mol. The Bertz CT molecular complexity index is 1230. The van der Waals surface area contributed by atoms with E-state index in [-0.39, 0.29) is 18.2 Å². The molecule has 0 atom stereocenters. The van der Waals surface area contributed by atoms with E-state index in [0.717, 1.165) is 22.5 Å². The molecule has 0 spiro atoms. The van der Waals surface area contributed by atoms with Crippen molar-refractivity contribution < 1.29 is 14.3 Å². The molecule has 0 saturated heterocycles. The lowest BCUT2D eigenvalue weighted by Crippen LogP contribution is -2.13. The fourth-order valence-electron chi connectivity index (χ4n) is 3.28. The minimum Gasteiger partial charge on any atom is -0.497 e. The number of rotatable bonds is 8. The third-order valence-corrected chi connectivity index (χ3v) is 5.70. The summed E-state index contributed by atoms with van der Waals surface area (Å²) in [5.74, 6) is 0.144. The number of aryl methyl sites for hydroxylation is 2. The number of hydrogen-bond acceptors (Lipinski definition) is 3. The molecule has 2 amide bonds. The number of carbonyl (C=O) groups is 2. The number of nitrogens with one attached hydrogen (secondary N) is 2. The highest BCUT2D eigenvalue weighted by Gasteiger charge is 2.12. The number of carbonyl (C=O) groups excluding carboxylic acids is 2. The minimum atomic E-state index is -0.315. The maximum atomic E-state index is 12.8. The van der Waals surface area contributed by atoms with Crippen LogP contribution in [0.1, 0.15) is 23.1 Å². The number of hydrogen-bond donors (Lipinski definition) is 2. The Balaban J connectivity index is 1.85. The summed E-state index contributed by atoms with van der Waals surface area (Å²) in [5.41, 5.74) is 4.59. The zero-order valence-corrected chi connectivity index (χ0v) is 20.1. The Morgan fingerprint density at radius 1 is 0.824 bits per heavy atom. The summed E-state index contributed by atoms with van der Waals surface area (Å²) >= 11 is 6.69. The molecule has 0 aliphatic rings. The molecule has 3 aromatic carbocycles. The lowest BCUT2D eigenvalue weighted by atomic mass is 10.1. The number of anilines is 2. The lowest BCUT2D eigenvalue weighted by Gasteiger charge is -2.11. The largest absolute Gasteiger partial charge is 0.497 e. The van der Waals surface area contributed by atoms with Gasteiger partial charge in [0, 0.05) is 17.5 Å². The number of benzene rings is 3. The van der Waals surface area contributed by atoms with Crippen LogP contribution in [0.15, 0.2) is 90.5 Å². The number of halogens is 1. The third kappa shape index (κ3) is 6.83. The average Bonchev–Trinajstić information content (AvgIpc) is 2.84. The smallest absolute Gasteiger partial charge is 0.248 e. The summed E-state index contributed by atoms with van der Waals surface area (Å²) in [7, 11) is 1.59. The molecule has 5 nitrogen and oxygen atoms in total. The van der Waals surface area contributed by atoms with Crippen LogP contribution < -0.4 is 15.4 Å². The highest BCUT2D eigenvalue weighted by Crippen LogP contribution is 2.28. The molecular formula is C28H27ClN2O3. The van der Waals surface area contributed by atoms with Crippen molar-refractivity contribution in [3.63, 3.8) is 0 Å². The molecule has 0 saturated carbocycles. The summed E-state index contributed by atoms with van der Waals surface area (Å²) in [4.78, 5) is 25.4. The molecule has 0 unspecified atom stereocenters. The van der Waals surface area contributed by atoms with Crippen molar-refractivity contribution >= 4 is 39.8 Å². The van der Waals surface area contributed by atoms with Gasteiger partial charge in [0.05, 0.1) is 18.6 Å². The fraction of sp³-hybridized carbons (Fsp3) is 0.143. The summed E-state index contributed by atoms with van der Waals surface area (Å²) in [6.07, 6.45) is 2.96. The second-order valence-corrected chi connectivity index (χ2v) is 8.12. The van der Waals surface area contributed by atoms with Crippen LogP contribution in [0.25, 0.3) is 5.03 Å². The van der Waals surface area contributed by atoms with Crippen molar-refractivity contribution in [3.8, 4) is 5.75 Å². The van der Waals surface area contributed by atoms with Crippen molar-refractivity contribution in [3.05, 3.63) is 107 Å². The topological polar surface area (TPSA) is 67.4 Å². The Hall–Kier alpha value is -3.83. The molecule has 0 bridgehead atoms. The van der Waals surface area contributed by atoms with Crippen LogP contribution in [0, 0.1) is 13.8 Å². The van der Waals surface area contributed by atoms with E-state index in [1.54, 1.807) is 25.3 Å². The SMILES string of the molecule is COc1ccc(/C(Cl)=C(\C=C\C(=O)Nc2ccccc2C)CC(=O)Nc2ccccc2C)cc1. The van der Waals surface area contributed by atoms with Gasteiger partial charge in [0.2, 0.25) is 11.8 Å². The Morgan fingerprint density at radius 3 is 1.94 bits per heavy atom. The predicted molar refractivity (Wildman–Crippen MR) is 139 cm³/mol. The van der Waals surface area contributed by atoms with Crippen molar-refractivity contribution in [2.75, 3.05) is 17.7 Å². The van der Waals surface area contributed by atoms with Gasteiger partial charge in [0.15, 0.2) is 0 Å². The van der Waals surface area contributed by atoms with E-state index in [4.69, 9.17) is 16.3 Å². The van der Waals surface area contributed by atoms with Crippen molar-refractivity contribution in [1.29, 1.82) is 0 Å². The van der Waals surface area contributed by atoms with Gasteiger partial charge in [-0.05, 0) is 72.5 Å². The van der Waals surface area contributed by atoms with E-state index in [2.05, 4.69) is 10.6 Å². The van der Waals surface area contributed by atoms with Gasteiger partial charge in [0.1, 0.15) is 5.75 Å². The molecule has 3 aromatic rings. The van der Waals surface area contributed by atoms with Gasteiger partial charge in [0.25, 0.3) is 0 Å².